The normalized spacial score (nSPS) is 17.3. The van der Waals surface area contributed by atoms with E-state index in [0.29, 0.717) is 40.2 Å². The summed E-state index contributed by atoms with van der Waals surface area (Å²) in [6.45, 7) is 2.92. The molecule has 140 valence electrons. The zero-order valence-electron chi connectivity index (χ0n) is 14.9. The zero-order valence-corrected chi connectivity index (χ0v) is 16.4. The molecule has 0 unspecified atom stereocenters. The molecule has 4 rings (SSSR count). The third-order valence-electron chi connectivity index (χ3n) is 4.59. The van der Waals surface area contributed by atoms with Crippen molar-refractivity contribution in [2.75, 3.05) is 19.2 Å². The van der Waals surface area contributed by atoms with Crippen LogP contribution in [0, 0.1) is 6.92 Å². The second-order valence-electron chi connectivity index (χ2n) is 6.35. The lowest BCUT2D eigenvalue weighted by molar-refractivity contribution is -0.130. The molecule has 1 aliphatic heterocycles. The number of hydrogen-bond acceptors (Lipinski definition) is 5. The van der Waals surface area contributed by atoms with E-state index < -0.39 is 0 Å². The fraction of sp³-hybridized carbons (Fsp3) is 0.300. The lowest BCUT2D eigenvalue weighted by Gasteiger charge is -2.23. The van der Waals surface area contributed by atoms with Crippen molar-refractivity contribution in [1.82, 2.24) is 9.55 Å². The first-order chi connectivity index (χ1) is 13.1. The van der Waals surface area contributed by atoms with Crippen molar-refractivity contribution in [3.8, 4) is 5.69 Å². The van der Waals surface area contributed by atoms with Crippen LogP contribution in [0.4, 0.5) is 0 Å². The van der Waals surface area contributed by atoms with E-state index in [9.17, 15) is 4.79 Å². The van der Waals surface area contributed by atoms with E-state index in [0.717, 1.165) is 17.7 Å². The van der Waals surface area contributed by atoms with E-state index in [1.807, 2.05) is 43.3 Å². The smallest absolute Gasteiger partial charge is 0.266 e. The van der Waals surface area contributed by atoms with Crippen LogP contribution in [0.2, 0.25) is 5.02 Å². The monoisotopic (exact) mass is 402 g/mol. The van der Waals surface area contributed by atoms with Crippen LogP contribution in [-0.4, -0.2) is 34.8 Å². The van der Waals surface area contributed by atoms with Gasteiger partial charge in [-0.05, 0) is 43.2 Å². The molecule has 1 aromatic heterocycles. The maximum Gasteiger partial charge on any atom is 0.266 e. The Kier molecular flexibility index (Phi) is 5.50. The van der Waals surface area contributed by atoms with Gasteiger partial charge in [0.25, 0.3) is 5.56 Å². The van der Waals surface area contributed by atoms with Crippen molar-refractivity contribution < 1.29 is 9.47 Å². The first kappa shape index (κ1) is 18.5. The predicted octanol–water partition coefficient (Wildman–Crippen LogP) is 4.20. The van der Waals surface area contributed by atoms with Crippen molar-refractivity contribution in [3.63, 3.8) is 0 Å². The largest absolute Gasteiger partial charge is 0.355 e. The van der Waals surface area contributed by atoms with Gasteiger partial charge in [0, 0.05) is 10.8 Å². The van der Waals surface area contributed by atoms with E-state index in [1.165, 1.54) is 11.8 Å². The highest BCUT2D eigenvalue weighted by Gasteiger charge is 2.19. The Balaban J connectivity index is 1.82. The molecule has 0 radical (unpaired) electrons. The lowest BCUT2D eigenvalue weighted by Crippen LogP contribution is -2.27. The van der Waals surface area contributed by atoms with Crippen LogP contribution >= 0.6 is 23.4 Å². The molecule has 3 aromatic rings. The topological polar surface area (TPSA) is 53.4 Å². The lowest BCUT2D eigenvalue weighted by atomic mass is 10.2. The number of nitrogens with zero attached hydrogens (tertiary/aromatic N) is 2. The molecule has 0 saturated carbocycles. The number of fused-ring (bicyclic) bond motifs is 1. The van der Waals surface area contributed by atoms with E-state index in [2.05, 4.69) is 0 Å². The molecule has 0 spiro atoms. The maximum absolute atomic E-state index is 13.3. The molecule has 0 bridgehead atoms. The zero-order chi connectivity index (χ0) is 18.8. The molecule has 5 nitrogen and oxygen atoms in total. The highest BCUT2D eigenvalue weighted by molar-refractivity contribution is 7.99. The minimum atomic E-state index is -0.0960. The molecular formula is C20H19ClN2O3S. The quantitative estimate of drug-likeness (QED) is 0.483. The molecule has 0 aliphatic carbocycles. The van der Waals surface area contributed by atoms with E-state index in [4.69, 9.17) is 26.1 Å². The minimum Gasteiger partial charge on any atom is -0.355 e. The van der Waals surface area contributed by atoms with Gasteiger partial charge in [0.1, 0.15) is 6.79 Å². The minimum absolute atomic E-state index is 0.0843. The fourth-order valence-electron chi connectivity index (χ4n) is 3.06. The van der Waals surface area contributed by atoms with Crippen LogP contribution in [-0.2, 0) is 9.47 Å². The van der Waals surface area contributed by atoms with Gasteiger partial charge >= 0.3 is 0 Å². The number of ether oxygens (including phenoxy) is 2. The average Bonchev–Trinajstić information content (AvgIpc) is 2.70. The Hall–Kier alpha value is -1.86. The van der Waals surface area contributed by atoms with Gasteiger partial charge in [0.2, 0.25) is 0 Å². The Labute approximate surface area is 166 Å². The van der Waals surface area contributed by atoms with Gasteiger partial charge < -0.3 is 9.47 Å². The van der Waals surface area contributed by atoms with Gasteiger partial charge in [-0.1, -0.05) is 41.6 Å². The third-order valence-corrected chi connectivity index (χ3v) is 6.07. The summed E-state index contributed by atoms with van der Waals surface area (Å²) in [7, 11) is 0. The van der Waals surface area contributed by atoms with Crippen LogP contribution in [0.1, 0.15) is 12.0 Å². The maximum atomic E-state index is 13.3. The number of para-hydroxylation sites is 1. The first-order valence-corrected chi connectivity index (χ1v) is 10.1. The van der Waals surface area contributed by atoms with Crippen LogP contribution in [0.15, 0.2) is 52.4 Å². The summed E-state index contributed by atoms with van der Waals surface area (Å²) >= 11 is 7.83. The SMILES string of the molecule is Cc1c(Cl)cccc1-n1c(SC[C@@H]2CCOCO2)nc2ccccc2c1=O. The predicted molar refractivity (Wildman–Crippen MR) is 108 cm³/mol. The van der Waals surface area contributed by atoms with Crippen molar-refractivity contribution in [1.29, 1.82) is 0 Å². The summed E-state index contributed by atoms with van der Waals surface area (Å²) in [5.74, 6) is 0.702. The van der Waals surface area contributed by atoms with Crippen LogP contribution in [0.5, 0.6) is 0 Å². The van der Waals surface area contributed by atoms with Gasteiger partial charge in [-0.2, -0.15) is 0 Å². The van der Waals surface area contributed by atoms with E-state index in [-0.39, 0.29) is 11.7 Å². The van der Waals surface area contributed by atoms with E-state index in [1.54, 1.807) is 10.6 Å². The second kappa shape index (κ2) is 8.02. The molecule has 1 aliphatic rings. The van der Waals surface area contributed by atoms with Gasteiger partial charge in [-0.15, -0.1) is 0 Å². The Morgan fingerprint density at radius 3 is 2.93 bits per heavy atom. The number of rotatable bonds is 4. The van der Waals surface area contributed by atoms with Crippen molar-refractivity contribution in [3.05, 3.63) is 63.4 Å². The summed E-state index contributed by atoms with van der Waals surface area (Å²) in [6, 6.07) is 13.0. The molecule has 0 amide bonds. The number of aromatic nitrogens is 2. The Morgan fingerprint density at radius 2 is 2.11 bits per heavy atom. The van der Waals surface area contributed by atoms with Crippen molar-refractivity contribution in [2.24, 2.45) is 0 Å². The summed E-state index contributed by atoms with van der Waals surface area (Å²) in [5, 5.41) is 1.85. The fourth-order valence-corrected chi connectivity index (χ4v) is 4.30. The number of hydrogen-bond donors (Lipinski definition) is 0. The van der Waals surface area contributed by atoms with Gasteiger partial charge in [0.15, 0.2) is 5.16 Å². The van der Waals surface area contributed by atoms with Crippen LogP contribution < -0.4 is 5.56 Å². The highest BCUT2D eigenvalue weighted by Crippen LogP contribution is 2.27. The molecule has 1 fully saturated rings. The summed E-state index contributed by atoms with van der Waals surface area (Å²) in [6.07, 6.45) is 0.919. The number of halogens is 1. The molecule has 7 heteroatoms. The second-order valence-corrected chi connectivity index (χ2v) is 7.74. The third kappa shape index (κ3) is 3.75. The number of thioether (sulfide) groups is 1. The van der Waals surface area contributed by atoms with Crippen molar-refractivity contribution >= 4 is 34.3 Å². The summed E-state index contributed by atoms with van der Waals surface area (Å²) < 4.78 is 12.5. The molecule has 2 aromatic carbocycles. The van der Waals surface area contributed by atoms with Crippen LogP contribution in [0.3, 0.4) is 0 Å². The van der Waals surface area contributed by atoms with Crippen LogP contribution in [0.25, 0.3) is 16.6 Å². The molecule has 1 saturated heterocycles. The standard InChI is InChI=1S/C20H19ClN2O3S/c1-13-16(21)6-4-8-18(13)23-19(24)15-5-2-3-7-17(15)22-20(23)27-11-14-9-10-25-12-26-14/h2-8,14H,9-12H2,1H3/t14-/m0/s1. The average molecular weight is 403 g/mol. The summed E-state index contributed by atoms with van der Waals surface area (Å²) in [5.41, 5.74) is 2.19. The van der Waals surface area contributed by atoms with Gasteiger partial charge in [-0.3, -0.25) is 9.36 Å². The van der Waals surface area contributed by atoms with Gasteiger partial charge in [0.05, 0.1) is 29.3 Å². The Bertz CT molecular complexity index is 1030. The Morgan fingerprint density at radius 1 is 1.26 bits per heavy atom. The molecule has 27 heavy (non-hydrogen) atoms. The molecular weight excluding hydrogens is 384 g/mol. The first-order valence-electron chi connectivity index (χ1n) is 8.74. The van der Waals surface area contributed by atoms with E-state index >= 15 is 0 Å². The summed E-state index contributed by atoms with van der Waals surface area (Å²) in [4.78, 5) is 18.0. The number of benzene rings is 2. The molecule has 1 atom stereocenters. The molecule has 2 heterocycles. The highest BCUT2D eigenvalue weighted by atomic mass is 35.5. The molecule has 0 N–H and O–H groups in total. The van der Waals surface area contributed by atoms with Gasteiger partial charge in [-0.25, -0.2) is 4.98 Å². The van der Waals surface area contributed by atoms with Crippen molar-refractivity contribution in [2.45, 2.75) is 24.6 Å².